The van der Waals surface area contributed by atoms with Gasteiger partial charge >= 0.3 is 0 Å². The van der Waals surface area contributed by atoms with Crippen LogP contribution < -0.4 is 0 Å². The Morgan fingerprint density at radius 2 is 1.68 bits per heavy atom. The Hall–Kier alpha value is -2.44. The summed E-state index contributed by atoms with van der Waals surface area (Å²) in [6.07, 6.45) is 0. The zero-order valence-electron chi connectivity index (χ0n) is 18.3. The molecule has 0 radical (unpaired) electrons. The number of nitrogens with zero attached hydrogens (tertiary/aromatic N) is 3. The number of hydrogen-bond acceptors (Lipinski definition) is 3. The van der Waals surface area contributed by atoms with Gasteiger partial charge in [-0.25, -0.2) is 4.39 Å². The summed E-state index contributed by atoms with van der Waals surface area (Å²) in [5.74, 6) is -0.892. The predicted octanol–water partition coefficient (Wildman–Crippen LogP) is 4.06. The quantitative estimate of drug-likeness (QED) is 0.697. The lowest BCUT2D eigenvalue weighted by Gasteiger charge is -2.39. The third kappa shape index (κ3) is 6.05. The number of carbonyl (C=O) groups is 2. The van der Waals surface area contributed by atoms with Crippen LogP contribution in [0.2, 0.25) is 5.02 Å². The van der Waals surface area contributed by atoms with E-state index in [0.29, 0.717) is 37.7 Å². The molecule has 1 saturated heterocycles. The molecule has 0 spiro atoms. The average molecular weight is 446 g/mol. The molecule has 0 unspecified atom stereocenters. The number of carbonyl (C=O) groups excluding carboxylic acids is 2. The molecule has 0 aliphatic carbocycles. The first kappa shape index (κ1) is 23.2. The van der Waals surface area contributed by atoms with Crippen LogP contribution in [0.15, 0.2) is 48.5 Å². The summed E-state index contributed by atoms with van der Waals surface area (Å²) >= 11 is 5.92. The van der Waals surface area contributed by atoms with E-state index < -0.39 is 5.82 Å². The van der Waals surface area contributed by atoms with E-state index in [-0.39, 0.29) is 29.5 Å². The van der Waals surface area contributed by atoms with Gasteiger partial charge in [0.2, 0.25) is 5.91 Å². The van der Waals surface area contributed by atoms with Gasteiger partial charge in [-0.2, -0.15) is 0 Å². The fourth-order valence-electron chi connectivity index (χ4n) is 3.68. The van der Waals surface area contributed by atoms with Crippen molar-refractivity contribution < 1.29 is 14.0 Å². The summed E-state index contributed by atoms with van der Waals surface area (Å²) in [5.41, 5.74) is 0.762. The van der Waals surface area contributed by atoms with Gasteiger partial charge in [-0.1, -0.05) is 41.9 Å². The molecule has 1 aliphatic rings. The second-order valence-corrected chi connectivity index (χ2v) is 9.27. The highest BCUT2D eigenvalue weighted by molar-refractivity contribution is 6.31. The molecule has 166 valence electrons. The van der Waals surface area contributed by atoms with E-state index in [2.05, 4.69) is 0 Å². The third-order valence-electron chi connectivity index (χ3n) is 5.47. The van der Waals surface area contributed by atoms with E-state index >= 15 is 0 Å². The molecule has 0 N–H and O–H groups in total. The lowest BCUT2D eigenvalue weighted by molar-refractivity contribution is -0.138. The van der Waals surface area contributed by atoms with Crippen molar-refractivity contribution in [2.75, 3.05) is 32.7 Å². The van der Waals surface area contributed by atoms with E-state index in [1.54, 1.807) is 4.90 Å². The van der Waals surface area contributed by atoms with E-state index in [4.69, 9.17) is 11.6 Å². The predicted molar refractivity (Wildman–Crippen MR) is 120 cm³/mol. The Bertz CT molecular complexity index is 922. The molecule has 0 aromatic heterocycles. The lowest BCUT2D eigenvalue weighted by atomic mass is 10.0. The monoisotopic (exact) mass is 445 g/mol. The molecule has 2 aromatic carbocycles. The zero-order valence-corrected chi connectivity index (χ0v) is 19.0. The van der Waals surface area contributed by atoms with Crippen LogP contribution in [0.1, 0.15) is 36.7 Å². The molecule has 31 heavy (non-hydrogen) atoms. The third-order valence-corrected chi connectivity index (χ3v) is 5.71. The standard InChI is InChI=1S/C24H29ClFN3O2/c1-24(2,3)29(16-18-7-5-4-6-8-18)22(30)17-27-11-13-28(14-12-27)23(31)20-15-19(25)9-10-21(20)26/h4-10,15H,11-14,16-17H2,1-3H3. The Morgan fingerprint density at radius 3 is 2.29 bits per heavy atom. The van der Waals surface area contributed by atoms with Crippen LogP contribution in [0, 0.1) is 5.82 Å². The Morgan fingerprint density at radius 1 is 1.03 bits per heavy atom. The number of hydrogen-bond donors (Lipinski definition) is 0. The topological polar surface area (TPSA) is 43.9 Å². The zero-order chi connectivity index (χ0) is 22.6. The van der Waals surface area contributed by atoms with E-state index in [1.165, 1.54) is 18.2 Å². The van der Waals surface area contributed by atoms with Gasteiger partial charge in [-0.3, -0.25) is 14.5 Å². The molecule has 1 heterocycles. The summed E-state index contributed by atoms with van der Waals surface area (Å²) in [6, 6.07) is 13.9. The summed E-state index contributed by atoms with van der Waals surface area (Å²) in [5, 5.41) is 0.328. The van der Waals surface area contributed by atoms with Crippen molar-refractivity contribution in [3.63, 3.8) is 0 Å². The maximum absolute atomic E-state index is 14.0. The maximum atomic E-state index is 14.0. The van der Waals surface area contributed by atoms with Crippen molar-refractivity contribution in [2.45, 2.75) is 32.9 Å². The fourth-order valence-corrected chi connectivity index (χ4v) is 3.85. The van der Waals surface area contributed by atoms with Crippen molar-refractivity contribution >= 4 is 23.4 Å². The first-order chi connectivity index (χ1) is 14.6. The van der Waals surface area contributed by atoms with Crippen molar-refractivity contribution in [1.29, 1.82) is 0 Å². The van der Waals surface area contributed by atoms with Crippen LogP contribution in [-0.2, 0) is 11.3 Å². The lowest BCUT2D eigenvalue weighted by Crippen LogP contribution is -2.54. The average Bonchev–Trinajstić information content (AvgIpc) is 2.73. The highest BCUT2D eigenvalue weighted by Crippen LogP contribution is 2.20. The largest absolute Gasteiger partial charge is 0.336 e. The minimum absolute atomic E-state index is 0.0150. The Labute approximate surface area is 188 Å². The van der Waals surface area contributed by atoms with Gasteiger partial charge in [0.1, 0.15) is 5.82 Å². The second kappa shape index (κ2) is 9.79. The number of amides is 2. The van der Waals surface area contributed by atoms with Gasteiger partial charge in [-0.15, -0.1) is 0 Å². The summed E-state index contributed by atoms with van der Waals surface area (Å²) < 4.78 is 14.0. The SMILES string of the molecule is CC(C)(C)N(Cc1ccccc1)C(=O)CN1CCN(C(=O)c2cc(Cl)ccc2F)CC1. The first-order valence-electron chi connectivity index (χ1n) is 10.5. The number of halogens is 2. The Balaban J connectivity index is 1.59. The number of benzene rings is 2. The van der Waals surface area contributed by atoms with Crippen LogP contribution in [0.25, 0.3) is 0 Å². The molecule has 3 rings (SSSR count). The van der Waals surface area contributed by atoms with Gasteiger partial charge in [0.15, 0.2) is 0 Å². The highest BCUT2D eigenvalue weighted by atomic mass is 35.5. The molecular weight excluding hydrogens is 417 g/mol. The van der Waals surface area contributed by atoms with Gasteiger partial charge in [0, 0.05) is 43.3 Å². The van der Waals surface area contributed by atoms with Crippen LogP contribution >= 0.6 is 11.6 Å². The fraction of sp³-hybridized carbons (Fsp3) is 0.417. The first-order valence-corrected chi connectivity index (χ1v) is 10.8. The van der Waals surface area contributed by atoms with E-state index in [0.717, 1.165) is 5.56 Å². The van der Waals surface area contributed by atoms with Crippen LogP contribution in [0.3, 0.4) is 0 Å². The molecule has 1 fully saturated rings. The maximum Gasteiger partial charge on any atom is 0.256 e. The molecule has 2 amide bonds. The van der Waals surface area contributed by atoms with Gasteiger partial charge in [0.05, 0.1) is 12.1 Å². The molecule has 5 nitrogen and oxygen atoms in total. The van der Waals surface area contributed by atoms with Crippen LogP contribution in [-0.4, -0.2) is 64.8 Å². The molecule has 2 aromatic rings. The summed E-state index contributed by atoms with van der Waals surface area (Å²) in [6.45, 7) is 8.93. The van der Waals surface area contributed by atoms with E-state index in [1.807, 2.05) is 60.9 Å². The van der Waals surface area contributed by atoms with E-state index in [9.17, 15) is 14.0 Å². The Kier molecular flexibility index (Phi) is 7.34. The molecule has 1 aliphatic heterocycles. The molecule has 0 saturated carbocycles. The molecular formula is C24H29ClFN3O2. The summed E-state index contributed by atoms with van der Waals surface area (Å²) in [7, 11) is 0. The number of rotatable bonds is 5. The van der Waals surface area contributed by atoms with Crippen molar-refractivity contribution in [2.24, 2.45) is 0 Å². The van der Waals surface area contributed by atoms with Gasteiger partial charge in [0.25, 0.3) is 5.91 Å². The number of piperazine rings is 1. The van der Waals surface area contributed by atoms with Crippen LogP contribution in [0.4, 0.5) is 4.39 Å². The summed E-state index contributed by atoms with van der Waals surface area (Å²) in [4.78, 5) is 31.3. The van der Waals surface area contributed by atoms with Crippen molar-refractivity contribution in [1.82, 2.24) is 14.7 Å². The minimum Gasteiger partial charge on any atom is -0.336 e. The molecule has 0 bridgehead atoms. The molecule has 7 heteroatoms. The highest BCUT2D eigenvalue weighted by Gasteiger charge is 2.30. The smallest absolute Gasteiger partial charge is 0.256 e. The molecule has 0 atom stereocenters. The van der Waals surface area contributed by atoms with Crippen molar-refractivity contribution in [3.05, 3.63) is 70.5 Å². The van der Waals surface area contributed by atoms with Gasteiger partial charge < -0.3 is 9.80 Å². The van der Waals surface area contributed by atoms with Crippen LogP contribution in [0.5, 0.6) is 0 Å². The normalized spacial score (nSPS) is 15.1. The minimum atomic E-state index is -0.575. The second-order valence-electron chi connectivity index (χ2n) is 8.83. The van der Waals surface area contributed by atoms with Gasteiger partial charge in [-0.05, 0) is 44.5 Å². The van der Waals surface area contributed by atoms with Crippen molar-refractivity contribution in [3.8, 4) is 0 Å².